The Morgan fingerprint density at radius 1 is 0.976 bits per heavy atom. The summed E-state index contributed by atoms with van der Waals surface area (Å²) in [5.41, 5.74) is 1.03. The Morgan fingerprint density at radius 3 is 2.41 bits per heavy atom. The fourth-order valence-electron chi connectivity index (χ4n) is 4.39. The summed E-state index contributed by atoms with van der Waals surface area (Å²) >= 11 is 3.46. The molecule has 0 fully saturated rings. The van der Waals surface area contributed by atoms with Crippen LogP contribution in [0.2, 0.25) is 0 Å². The predicted octanol–water partition coefficient (Wildman–Crippen LogP) is 4.75. The molecule has 1 atom stereocenters. The molecule has 0 saturated carbocycles. The monoisotopic (exact) mass is 643 g/mol. The molecule has 0 spiro atoms. The number of carbonyl (C=O) groups is 2. The molecule has 2 amide bonds. The molecule has 1 aliphatic heterocycles. The summed E-state index contributed by atoms with van der Waals surface area (Å²) in [6.45, 7) is 4.46. The number of nitrogens with one attached hydrogen (secondary N) is 1. The number of anilines is 1. The second-order valence-corrected chi connectivity index (χ2v) is 12.4. The molecule has 0 aliphatic carbocycles. The maximum Gasteiger partial charge on any atom is 0.264 e. The fourth-order valence-corrected chi connectivity index (χ4v) is 6.26. The zero-order valence-corrected chi connectivity index (χ0v) is 25.5. The van der Waals surface area contributed by atoms with Crippen molar-refractivity contribution in [2.75, 3.05) is 30.6 Å². The molecule has 4 rings (SSSR count). The SMILES string of the molecule is CCCCNC(=O)[C@H](C)N(Cc1cccc(Br)c1)C(=O)CN(c1ccc2c(c1)OCCO2)S(=O)(=O)c1ccccc1. The standard InChI is InChI=1S/C30H34BrN3O6S/c1-3-4-15-32-30(36)22(2)33(20-23-9-8-10-24(31)18-23)29(35)21-34(41(37,38)26-11-6-5-7-12-26)25-13-14-27-28(19-25)40-17-16-39-27/h5-14,18-19,22H,3-4,15-17,20-21H2,1-2H3,(H,32,36)/t22-/m0/s1. The highest BCUT2D eigenvalue weighted by Gasteiger charge is 2.33. The van der Waals surface area contributed by atoms with E-state index < -0.39 is 28.5 Å². The van der Waals surface area contributed by atoms with Crippen LogP contribution >= 0.6 is 15.9 Å². The molecule has 1 aliphatic rings. The number of carbonyl (C=O) groups excluding carboxylic acids is 2. The Hall–Kier alpha value is -3.57. The van der Waals surface area contributed by atoms with Gasteiger partial charge in [-0.2, -0.15) is 0 Å². The first-order valence-electron chi connectivity index (χ1n) is 13.5. The van der Waals surface area contributed by atoms with Gasteiger partial charge in [-0.3, -0.25) is 13.9 Å². The van der Waals surface area contributed by atoms with Crippen LogP contribution in [0.5, 0.6) is 11.5 Å². The Balaban J connectivity index is 1.71. The van der Waals surface area contributed by atoms with Gasteiger partial charge in [-0.1, -0.05) is 59.6 Å². The number of nitrogens with zero attached hydrogens (tertiary/aromatic N) is 2. The average molecular weight is 645 g/mol. The molecule has 41 heavy (non-hydrogen) atoms. The van der Waals surface area contributed by atoms with Gasteiger partial charge in [0, 0.05) is 23.6 Å². The lowest BCUT2D eigenvalue weighted by Crippen LogP contribution is -2.51. The minimum atomic E-state index is -4.17. The number of hydrogen-bond acceptors (Lipinski definition) is 6. The van der Waals surface area contributed by atoms with Crippen molar-refractivity contribution in [2.24, 2.45) is 0 Å². The number of hydrogen-bond donors (Lipinski definition) is 1. The lowest BCUT2D eigenvalue weighted by atomic mass is 10.1. The molecular formula is C30H34BrN3O6S. The van der Waals surface area contributed by atoms with Gasteiger partial charge in [0.1, 0.15) is 25.8 Å². The first-order chi connectivity index (χ1) is 19.7. The van der Waals surface area contributed by atoms with Crippen LogP contribution in [-0.2, 0) is 26.2 Å². The molecule has 3 aromatic rings. The highest BCUT2D eigenvalue weighted by molar-refractivity contribution is 9.10. The quantitative estimate of drug-likeness (QED) is 0.286. The minimum absolute atomic E-state index is 0.0339. The molecule has 1 heterocycles. The van der Waals surface area contributed by atoms with Crippen LogP contribution in [0.1, 0.15) is 32.3 Å². The third-order valence-electron chi connectivity index (χ3n) is 6.66. The smallest absolute Gasteiger partial charge is 0.264 e. The molecule has 9 nitrogen and oxygen atoms in total. The summed E-state index contributed by atoms with van der Waals surface area (Å²) in [7, 11) is -4.17. The molecular weight excluding hydrogens is 610 g/mol. The van der Waals surface area contributed by atoms with Gasteiger partial charge in [-0.15, -0.1) is 0 Å². The number of benzene rings is 3. The third kappa shape index (κ3) is 7.59. The van der Waals surface area contributed by atoms with Gasteiger partial charge in [-0.25, -0.2) is 8.42 Å². The maximum atomic E-state index is 14.0. The zero-order valence-electron chi connectivity index (χ0n) is 23.1. The highest BCUT2D eigenvalue weighted by Crippen LogP contribution is 2.36. The van der Waals surface area contributed by atoms with E-state index in [1.165, 1.54) is 17.0 Å². The van der Waals surface area contributed by atoms with Crippen LogP contribution in [0.3, 0.4) is 0 Å². The second kappa shape index (κ2) is 13.9. The zero-order chi connectivity index (χ0) is 29.4. The number of sulfonamides is 1. The number of ether oxygens (including phenoxy) is 2. The summed E-state index contributed by atoms with van der Waals surface area (Å²) in [6, 6.07) is 19.3. The van der Waals surface area contributed by atoms with Crippen molar-refractivity contribution in [3.05, 3.63) is 82.8 Å². The van der Waals surface area contributed by atoms with Crippen LogP contribution in [0.4, 0.5) is 5.69 Å². The van der Waals surface area contributed by atoms with Crippen LogP contribution in [-0.4, -0.2) is 57.5 Å². The molecule has 218 valence electrons. The molecule has 3 aromatic carbocycles. The summed E-state index contributed by atoms with van der Waals surface area (Å²) in [4.78, 5) is 28.6. The van der Waals surface area contributed by atoms with Crippen molar-refractivity contribution >= 4 is 43.5 Å². The molecule has 0 radical (unpaired) electrons. The summed E-state index contributed by atoms with van der Waals surface area (Å²) < 4.78 is 41.1. The van der Waals surface area contributed by atoms with Gasteiger partial charge in [0.15, 0.2) is 11.5 Å². The molecule has 0 bridgehead atoms. The Labute approximate surface area is 249 Å². The van der Waals surface area contributed by atoms with Gasteiger partial charge < -0.3 is 19.7 Å². The van der Waals surface area contributed by atoms with E-state index in [0.717, 1.165) is 27.2 Å². The van der Waals surface area contributed by atoms with E-state index in [1.807, 2.05) is 31.2 Å². The molecule has 0 saturated heterocycles. The van der Waals surface area contributed by atoms with E-state index in [1.54, 1.807) is 43.3 Å². The van der Waals surface area contributed by atoms with Crippen LogP contribution in [0.15, 0.2) is 82.2 Å². The van der Waals surface area contributed by atoms with Gasteiger partial charge in [0.25, 0.3) is 10.0 Å². The fraction of sp³-hybridized carbons (Fsp3) is 0.333. The van der Waals surface area contributed by atoms with Gasteiger partial charge in [0.2, 0.25) is 11.8 Å². The molecule has 1 N–H and O–H groups in total. The van der Waals surface area contributed by atoms with E-state index in [-0.39, 0.29) is 23.0 Å². The van der Waals surface area contributed by atoms with Crippen molar-refractivity contribution in [3.8, 4) is 11.5 Å². The number of halogens is 1. The minimum Gasteiger partial charge on any atom is -0.486 e. The van der Waals surface area contributed by atoms with E-state index in [9.17, 15) is 18.0 Å². The van der Waals surface area contributed by atoms with Gasteiger partial charge >= 0.3 is 0 Å². The normalized spacial score (nSPS) is 13.2. The van der Waals surface area contributed by atoms with Crippen LogP contribution in [0.25, 0.3) is 0 Å². The number of amides is 2. The lowest BCUT2D eigenvalue weighted by Gasteiger charge is -2.32. The lowest BCUT2D eigenvalue weighted by molar-refractivity contribution is -0.139. The van der Waals surface area contributed by atoms with Crippen LogP contribution in [0, 0.1) is 0 Å². The first-order valence-corrected chi connectivity index (χ1v) is 15.7. The Kier molecular flexibility index (Phi) is 10.3. The third-order valence-corrected chi connectivity index (χ3v) is 8.94. The largest absolute Gasteiger partial charge is 0.486 e. The van der Waals surface area contributed by atoms with Gasteiger partial charge in [-0.05, 0) is 55.3 Å². The maximum absolute atomic E-state index is 14.0. The molecule has 0 unspecified atom stereocenters. The van der Waals surface area contributed by atoms with Crippen molar-refractivity contribution in [3.63, 3.8) is 0 Å². The van der Waals surface area contributed by atoms with Crippen molar-refractivity contribution in [2.45, 2.75) is 44.2 Å². The van der Waals surface area contributed by atoms with Crippen molar-refractivity contribution < 1.29 is 27.5 Å². The number of unbranched alkanes of at least 4 members (excludes halogenated alkanes) is 1. The van der Waals surface area contributed by atoms with Crippen LogP contribution < -0.4 is 19.1 Å². The van der Waals surface area contributed by atoms with E-state index in [2.05, 4.69) is 21.2 Å². The predicted molar refractivity (Wildman–Crippen MR) is 160 cm³/mol. The Morgan fingerprint density at radius 2 is 1.71 bits per heavy atom. The van der Waals surface area contributed by atoms with E-state index in [4.69, 9.17) is 9.47 Å². The first kappa shape index (κ1) is 30.4. The summed E-state index contributed by atoms with van der Waals surface area (Å²) in [6.07, 6.45) is 1.72. The molecule has 0 aromatic heterocycles. The number of rotatable bonds is 12. The summed E-state index contributed by atoms with van der Waals surface area (Å²) in [5, 5.41) is 2.89. The van der Waals surface area contributed by atoms with Crippen molar-refractivity contribution in [1.29, 1.82) is 0 Å². The highest BCUT2D eigenvalue weighted by atomic mass is 79.9. The number of fused-ring (bicyclic) bond motifs is 1. The average Bonchev–Trinajstić information content (AvgIpc) is 2.98. The summed E-state index contributed by atoms with van der Waals surface area (Å²) in [5.74, 6) is 0.0530. The van der Waals surface area contributed by atoms with E-state index >= 15 is 0 Å². The Bertz CT molecular complexity index is 1470. The van der Waals surface area contributed by atoms with E-state index in [0.29, 0.717) is 31.3 Å². The second-order valence-electron chi connectivity index (χ2n) is 9.62. The molecule has 11 heteroatoms. The topological polar surface area (TPSA) is 105 Å². The van der Waals surface area contributed by atoms with Crippen molar-refractivity contribution in [1.82, 2.24) is 10.2 Å². The van der Waals surface area contributed by atoms with Gasteiger partial charge in [0.05, 0.1) is 10.6 Å².